The molecule has 30 heavy (non-hydrogen) atoms. The van der Waals surface area contributed by atoms with Crippen molar-refractivity contribution in [1.82, 2.24) is 15.0 Å². The van der Waals surface area contributed by atoms with E-state index < -0.39 is 0 Å². The summed E-state index contributed by atoms with van der Waals surface area (Å²) < 4.78 is 13.7. The van der Waals surface area contributed by atoms with Gasteiger partial charge in [-0.25, -0.2) is 4.39 Å². The second kappa shape index (κ2) is 11.1. The number of aromatic hydroxyl groups is 1. The lowest BCUT2D eigenvalue weighted by molar-refractivity contribution is 0.475. The Hall–Kier alpha value is -3.26. The number of phenolic OH excluding ortho intramolecular Hbond substituents is 1. The lowest BCUT2D eigenvalue weighted by Crippen LogP contribution is -2.13. The number of phenols is 1. The minimum absolute atomic E-state index is 0.242. The maximum Gasteiger partial charge on any atom is 0.228 e. The summed E-state index contributed by atoms with van der Waals surface area (Å²) in [6.07, 6.45) is 3.71. The largest absolute Gasteiger partial charge is 0.508 e. The fraction of sp³-hybridized carbons (Fsp3) is 0.318. The highest BCUT2D eigenvalue weighted by Gasteiger charge is 2.09. The predicted octanol–water partition coefficient (Wildman–Crippen LogP) is 3.58. The van der Waals surface area contributed by atoms with Gasteiger partial charge >= 0.3 is 0 Å². The topological polar surface area (TPSA) is 109 Å². The second-order valence-electron chi connectivity index (χ2n) is 6.94. The first-order valence-electron chi connectivity index (χ1n) is 10.1. The molecule has 7 nitrogen and oxygen atoms in total. The summed E-state index contributed by atoms with van der Waals surface area (Å²) >= 11 is 0. The van der Waals surface area contributed by atoms with Gasteiger partial charge in [0.1, 0.15) is 11.6 Å². The highest BCUT2D eigenvalue weighted by atomic mass is 19.1. The molecule has 0 atom stereocenters. The van der Waals surface area contributed by atoms with Crippen molar-refractivity contribution in [3.05, 3.63) is 59.9 Å². The Bertz CT molecular complexity index is 935. The number of nitrogens with zero attached hydrogens (tertiary/aromatic N) is 3. The standard InChI is InChI=1S/C22H27FN6O/c23-18-6-4-5-17(15-18)20-27-21(25-13-3-1-2-12-24)29-22(28-20)26-14-11-16-7-9-19(30)10-8-16/h4-10,15,30H,1-3,11-14,24H2,(H2,25,26,27,28,29). The number of benzene rings is 2. The quantitative estimate of drug-likeness (QED) is 0.358. The molecule has 0 aliphatic rings. The van der Waals surface area contributed by atoms with Crippen molar-refractivity contribution in [3.63, 3.8) is 0 Å². The van der Waals surface area contributed by atoms with Gasteiger partial charge in [0.05, 0.1) is 0 Å². The van der Waals surface area contributed by atoms with Crippen LogP contribution in [-0.2, 0) is 6.42 Å². The minimum Gasteiger partial charge on any atom is -0.508 e. The first-order chi connectivity index (χ1) is 14.6. The highest BCUT2D eigenvalue weighted by Crippen LogP contribution is 2.19. The van der Waals surface area contributed by atoms with Crippen LogP contribution >= 0.6 is 0 Å². The molecule has 1 heterocycles. The number of nitrogens with one attached hydrogen (secondary N) is 2. The molecule has 3 rings (SSSR count). The summed E-state index contributed by atoms with van der Waals surface area (Å²) in [4.78, 5) is 13.3. The van der Waals surface area contributed by atoms with Gasteiger partial charge in [0.25, 0.3) is 0 Å². The lowest BCUT2D eigenvalue weighted by Gasteiger charge is -2.11. The SMILES string of the molecule is NCCCCCNc1nc(NCCc2ccc(O)cc2)nc(-c2cccc(F)c2)n1. The van der Waals surface area contributed by atoms with Crippen LogP contribution in [0.5, 0.6) is 5.75 Å². The maximum absolute atomic E-state index is 13.7. The number of halogens is 1. The van der Waals surface area contributed by atoms with Crippen molar-refractivity contribution in [2.45, 2.75) is 25.7 Å². The second-order valence-corrected chi connectivity index (χ2v) is 6.94. The van der Waals surface area contributed by atoms with E-state index in [1.54, 1.807) is 24.3 Å². The fourth-order valence-corrected chi connectivity index (χ4v) is 2.92. The molecule has 8 heteroatoms. The summed E-state index contributed by atoms with van der Waals surface area (Å²) in [7, 11) is 0. The van der Waals surface area contributed by atoms with Crippen LogP contribution in [0.3, 0.4) is 0 Å². The van der Waals surface area contributed by atoms with Gasteiger partial charge in [0.2, 0.25) is 11.9 Å². The van der Waals surface area contributed by atoms with Gasteiger partial charge in [0, 0.05) is 18.7 Å². The summed E-state index contributed by atoms with van der Waals surface area (Å²) in [6.45, 7) is 2.01. The number of hydrogen-bond acceptors (Lipinski definition) is 7. The summed E-state index contributed by atoms with van der Waals surface area (Å²) in [5.41, 5.74) is 7.20. The molecular weight excluding hydrogens is 383 g/mol. The molecule has 0 aliphatic carbocycles. The Morgan fingerprint density at radius 3 is 2.30 bits per heavy atom. The molecule has 0 radical (unpaired) electrons. The Kier molecular flexibility index (Phi) is 7.91. The summed E-state index contributed by atoms with van der Waals surface area (Å²) in [5, 5.41) is 15.8. The third-order valence-corrected chi connectivity index (χ3v) is 4.52. The Labute approximate surface area is 175 Å². The van der Waals surface area contributed by atoms with E-state index in [0.29, 0.717) is 36.4 Å². The minimum atomic E-state index is -0.342. The van der Waals surface area contributed by atoms with E-state index in [9.17, 15) is 9.50 Å². The van der Waals surface area contributed by atoms with Gasteiger partial charge in [-0.2, -0.15) is 15.0 Å². The van der Waals surface area contributed by atoms with Crippen molar-refractivity contribution in [3.8, 4) is 17.1 Å². The van der Waals surface area contributed by atoms with Crippen molar-refractivity contribution >= 4 is 11.9 Å². The molecular formula is C22H27FN6O. The molecule has 5 N–H and O–H groups in total. The third kappa shape index (κ3) is 6.66. The molecule has 158 valence electrons. The van der Waals surface area contributed by atoms with Gasteiger partial charge < -0.3 is 21.5 Å². The molecule has 0 fully saturated rings. The Morgan fingerprint density at radius 1 is 0.867 bits per heavy atom. The van der Waals surface area contributed by atoms with E-state index in [1.165, 1.54) is 12.1 Å². The molecule has 0 bridgehead atoms. The monoisotopic (exact) mass is 410 g/mol. The van der Waals surface area contributed by atoms with Crippen LogP contribution in [0.25, 0.3) is 11.4 Å². The van der Waals surface area contributed by atoms with E-state index in [1.807, 2.05) is 12.1 Å². The first-order valence-corrected chi connectivity index (χ1v) is 10.1. The van der Waals surface area contributed by atoms with Crippen molar-refractivity contribution in [2.75, 3.05) is 30.3 Å². The third-order valence-electron chi connectivity index (χ3n) is 4.52. The summed E-state index contributed by atoms with van der Waals surface area (Å²) in [6, 6.07) is 13.3. The number of unbranched alkanes of at least 4 members (excludes halogenated alkanes) is 2. The average molecular weight is 410 g/mol. The van der Waals surface area contributed by atoms with Crippen LogP contribution in [0.2, 0.25) is 0 Å². The molecule has 0 saturated heterocycles. The number of aromatic nitrogens is 3. The zero-order valence-corrected chi connectivity index (χ0v) is 16.8. The van der Waals surface area contributed by atoms with Gasteiger partial charge in [0.15, 0.2) is 5.82 Å². The number of anilines is 2. The van der Waals surface area contributed by atoms with Gasteiger partial charge in [-0.05, 0) is 55.6 Å². The van der Waals surface area contributed by atoms with Gasteiger partial charge in [-0.15, -0.1) is 0 Å². The molecule has 0 saturated carbocycles. The Balaban J connectivity index is 1.70. The first kappa shape index (κ1) is 21.4. The van der Waals surface area contributed by atoms with Gasteiger partial charge in [-0.1, -0.05) is 30.7 Å². The molecule has 0 spiro atoms. The van der Waals surface area contributed by atoms with Crippen LogP contribution in [-0.4, -0.2) is 39.7 Å². The Morgan fingerprint density at radius 2 is 1.60 bits per heavy atom. The number of rotatable bonds is 11. The molecule has 1 aromatic heterocycles. The van der Waals surface area contributed by atoms with Crippen LogP contribution in [0.1, 0.15) is 24.8 Å². The molecule has 2 aromatic carbocycles. The fourth-order valence-electron chi connectivity index (χ4n) is 2.92. The molecule has 0 amide bonds. The van der Waals surface area contributed by atoms with Crippen molar-refractivity contribution < 1.29 is 9.50 Å². The van der Waals surface area contributed by atoms with Crippen LogP contribution in [0.4, 0.5) is 16.3 Å². The van der Waals surface area contributed by atoms with Crippen LogP contribution in [0.15, 0.2) is 48.5 Å². The van der Waals surface area contributed by atoms with Crippen molar-refractivity contribution in [1.29, 1.82) is 0 Å². The zero-order valence-electron chi connectivity index (χ0n) is 16.8. The van der Waals surface area contributed by atoms with E-state index in [2.05, 4.69) is 25.6 Å². The van der Waals surface area contributed by atoms with Crippen molar-refractivity contribution in [2.24, 2.45) is 5.73 Å². The molecule has 3 aromatic rings. The number of hydrogen-bond donors (Lipinski definition) is 4. The van der Waals surface area contributed by atoms with E-state index in [0.717, 1.165) is 37.8 Å². The summed E-state index contributed by atoms with van der Waals surface area (Å²) in [5.74, 6) is 1.18. The van der Waals surface area contributed by atoms with E-state index >= 15 is 0 Å². The highest BCUT2D eigenvalue weighted by molar-refractivity contribution is 5.58. The van der Waals surface area contributed by atoms with E-state index in [4.69, 9.17) is 5.73 Å². The molecule has 0 aliphatic heterocycles. The molecule has 0 unspecified atom stereocenters. The smallest absolute Gasteiger partial charge is 0.228 e. The predicted molar refractivity (Wildman–Crippen MR) is 117 cm³/mol. The van der Waals surface area contributed by atoms with Crippen LogP contribution in [0, 0.1) is 5.82 Å². The van der Waals surface area contributed by atoms with Gasteiger partial charge in [-0.3, -0.25) is 0 Å². The number of nitrogens with two attached hydrogens (primary N) is 1. The van der Waals surface area contributed by atoms with Crippen LogP contribution < -0.4 is 16.4 Å². The van der Waals surface area contributed by atoms with E-state index in [-0.39, 0.29) is 11.6 Å². The average Bonchev–Trinajstić information content (AvgIpc) is 2.75. The normalized spacial score (nSPS) is 10.7. The zero-order chi connectivity index (χ0) is 21.2. The maximum atomic E-state index is 13.7. The lowest BCUT2D eigenvalue weighted by atomic mass is 10.1.